The number of nitrogens with one attached hydrogen (secondary N) is 1. The van der Waals surface area contributed by atoms with Gasteiger partial charge in [-0.25, -0.2) is 0 Å². The molecule has 1 amide bonds. The molecule has 0 spiro atoms. The summed E-state index contributed by atoms with van der Waals surface area (Å²) in [7, 11) is 0. The van der Waals surface area contributed by atoms with Crippen molar-refractivity contribution in [3.05, 3.63) is 36.0 Å². The fourth-order valence-corrected chi connectivity index (χ4v) is 2.57. The molecule has 1 aromatic carbocycles. The summed E-state index contributed by atoms with van der Waals surface area (Å²) in [5.74, 6) is 0.0390. The Balaban J connectivity index is 0.00000242. The van der Waals surface area contributed by atoms with E-state index in [0.717, 1.165) is 18.4 Å². The van der Waals surface area contributed by atoms with Crippen LogP contribution in [0.25, 0.3) is 10.9 Å². The molecule has 0 aliphatic rings. The Hall–Kier alpha value is -1.52. The number of hydrogen-bond donors (Lipinski definition) is 2. The van der Waals surface area contributed by atoms with Gasteiger partial charge in [-0.3, -0.25) is 4.79 Å². The minimum absolute atomic E-state index is 0. The summed E-state index contributed by atoms with van der Waals surface area (Å²) < 4.78 is 2.02. The van der Waals surface area contributed by atoms with E-state index in [0.29, 0.717) is 6.54 Å². The van der Waals surface area contributed by atoms with Gasteiger partial charge < -0.3 is 15.6 Å². The van der Waals surface area contributed by atoms with Gasteiger partial charge >= 0.3 is 0 Å². The molecule has 0 saturated carbocycles. The standard InChI is InChI=1S/C17H25N3O.ClH/c1-4-14(18)9-13-10-20(11-17(21)19-12(2)3)16-8-6-5-7-15(13)16;/h5-8,10,12,14H,4,9,11,18H2,1-3H3,(H,19,21);1H. The molecule has 1 atom stereocenters. The number of halogens is 1. The third-order valence-electron chi connectivity index (χ3n) is 3.64. The van der Waals surface area contributed by atoms with Crippen LogP contribution < -0.4 is 11.1 Å². The van der Waals surface area contributed by atoms with Crippen molar-refractivity contribution in [2.24, 2.45) is 5.73 Å². The van der Waals surface area contributed by atoms with Crippen molar-refractivity contribution in [1.82, 2.24) is 9.88 Å². The van der Waals surface area contributed by atoms with Gasteiger partial charge in [0, 0.05) is 29.2 Å². The number of nitrogens with two attached hydrogens (primary N) is 1. The fourth-order valence-electron chi connectivity index (χ4n) is 2.57. The maximum absolute atomic E-state index is 12.0. The average Bonchev–Trinajstić information content (AvgIpc) is 2.76. The van der Waals surface area contributed by atoms with Gasteiger partial charge in [-0.05, 0) is 38.3 Å². The second-order valence-electron chi connectivity index (χ2n) is 5.89. The van der Waals surface area contributed by atoms with E-state index in [4.69, 9.17) is 5.73 Å². The Labute approximate surface area is 138 Å². The smallest absolute Gasteiger partial charge is 0.240 e. The highest BCUT2D eigenvalue weighted by Crippen LogP contribution is 2.22. The summed E-state index contributed by atoms with van der Waals surface area (Å²) >= 11 is 0. The number of carbonyl (C=O) groups is 1. The minimum Gasteiger partial charge on any atom is -0.352 e. The van der Waals surface area contributed by atoms with Gasteiger partial charge in [0.05, 0.1) is 0 Å². The Morgan fingerprint density at radius 3 is 2.64 bits per heavy atom. The highest BCUT2D eigenvalue weighted by Gasteiger charge is 2.13. The second kappa shape index (κ2) is 8.20. The number of nitrogens with zero attached hydrogens (tertiary/aromatic N) is 1. The molecule has 0 aliphatic carbocycles. The van der Waals surface area contributed by atoms with Crippen LogP contribution in [0.4, 0.5) is 0 Å². The zero-order chi connectivity index (χ0) is 15.4. The Bertz CT molecular complexity index is 621. The van der Waals surface area contributed by atoms with Gasteiger partial charge in [-0.2, -0.15) is 0 Å². The number of carbonyl (C=O) groups excluding carboxylic acids is 1. The van der Waals surface area contributed by atoms with Crippen molar-refractivity contribution in [3.8, 4) is 0 Å². The third-order valence-corrected chi connectivity index (χ3v) is 3.64. The highest BCUT2D eigenvalue weighted by molar-refractivity contribution is 5.86. The molecular weight excluding hydrogens is 298 g/mol. The zero-order valence-electron chi connectivity index (χ0n) is 13.5. The summed E-state index contributed by atoms with van der Waals surface area (Å²) in [6, 6.07) is 8.51. The number of rotatable bonds is 6. The first-order valence-electron chi connectivity index (χ1n) is 7.63. The maximum Gasteiger partial charge on any atom is 0.240 e. The summed E-state index contributed by atoms with van der Waals surface area (Å²) in [6.07, 6.45) is 3.86. The van der Waals surface area contributed by atoms with Crippen LogP contribution >= 0.6 is 12.4 Å². The van der Waals surface area contributed by atoms with E-state index in [1.165, 1.54) is 10.9 Å². The number of aromatic nitrogens is 1. The molecule has 0 bridgehead atoms. The lowest BCUT2D eigenvalue weighted by Crippen LogP contribution is -2.32. The van der Waals surface area contributed by atoms with Gasteiger partial charge in [0.25, 0.3) is 0 Å². The van der Waals surface area contributed by atoms with Crippen LogP contribution in [-0.4, -0.2) is 22.6 Å². The molecule has 0 aliphatic heterocycles. The van der Waals surface area contributed by atoms with E-state index >= 15 is 0 Å². The van der Waals surface area contributed by atoms with Crippen LogP contribution in [0.3, 0.4) is 0 Å². The molecule has 1 aromatic heterocycles. The molecule has 0 fully saturated rings. The molecule has 2 rings (SSSR count). The third kappa shape index (κ3) is 4.49. The molecular formula is C17H26ClN3O. The Kier molecular flexibility index (Phi) is 6.91. The van der Waals surface area contributed by atoms with Gasteiger partial charge in [0.1, 0.15) is 6.54 Å². The number of benzene rings is 1. The maximum atomic E-state index is 12.0. The lowest BCUT2D eigenvalue weighted by molar-refractivity contribution is -0.122. The number of hydrogen-bond acceptors (Lipinski definition) is 2. The predicted molar refractivity (Wildman–Crippen MR) is 94.4 cm³/mol. The van der Waals surface area contributed by atoms with Crippen molar-refractivity contribution in [2.45, 2.75) is 52.2 Å². The molecule has 122 valence electrons. The van der Waals surface area contributed by atoms with Crippen LogP contribution in [0.1, 0.15) is 32.8 Å². The van der Waals surface area contributed by atoms with Crippen LogP contribution in [0, 0.1) is 0 Å². The van der Waals surface area contributed by atoms with E-state index in [2.05, 4.69) is 30.6 Å². The van der Waals surface area contributed by atoms with Gasteiger partial charge in [0.2, 0.25) is 5.91 Å². The molecule has 22 heavy (non-hydrogen) atoms. The van der Waals surface area contributed by atoms with Crippen LogP contribution in [0.2, 0.25) is 0 Å². The number of fused-ring (bicyclic) bond motifs is 1. The molecule has 0 saturated heterocycles. The quantitative estimate of drug-likeness (QED) is 0.858. The van der Waals surface area contributed by atoms with Crippen LogP contribution in [-0.2, 0) is 17.8 Å². The van der Waals surface area contributed by atoms with Crippen molar-refractivity contribution in [2.75, 3.05) is 0 Å². The summed E-state index contributed by atoms with van der Waals surface area (Å²) in [4.78, 5) is 12.0. The van der Waals surface area contributed by atoms with Crippen molar-refractivity contribution in [1.29, 1.82) is 0 Å². The molecule has 1 heterocycles. The lowest BCUT2D eigenvalue weighted by atomic mass is 10.0. The monoisotopic (exact) mass is 323 g/mol. The Morgan fingerprint density at radius 1 is 1.32 bits per heavy atom. The van der Waals surface area contributed by atoms with Crippen molar-refractivity contribution in [3.63, 3.8) is 0 Å². The van der Waals surface area contributed by atoms with Crippen LogP contribution in [0.5, 0.6) is 0 Å². The number of para-hydroxylation sites is 1. The van der Waals surface area contributed by atoms with Gasteiger partial charge in [-0.15, -0.1) is 12.4 Å². The largest absolute Gasteiger partial charge is 0.352 e. The Morgan fingerprint density at radius 2 is 2.00 bits per heavy atom. The molecule has 0 radical (unpaired) electrons. The zero-order valence-corrected chi connectivity index (χ0v) is 14.3. The first-order valence-corrected chi connectivity index (χ1v) is 7.63. The normalized spacial score (nSPS) is 12.2. The van der Waals surface area contributed by atoms with E-state index in [9.17, 15) is 4.79 Å². The van der Waals surface area contributed by atoms with E-state index in [-0.39, 0.29) is 30.4 Å². The average molecular weight is 324 g/mol. The summed E-state index contributed by atoms with van der Waals surface area (Å²) in [6.45, 7) is 6.38. The first kappa shape index (κ1) is 18.5. The summed E-state index contributed by atoms with van der Waals surface area (Å²) in [5, 5.41) is 4.13. The molecule has 2 aromatic rings. The fraction of sp³-hybridized carbons (Fsp3) is 0.471. The van der Waals surface area contributed by atoms with Crippen molar-refractivity contribution < 1.29 is 4.79 Å². The SMILES string of the molecule is CCC(N)Cc1cn(CC(=O)NC(C)C)c2ccccc12.Cl. The first-order chi connectivity index (χ1) is 10.0. The highest BCUT2D eigenvalue weighted by atomic mass is 35.5. The summed E-state index contributed by atoms with van der Waals surface area (Å²) in [5.41, 5.74) is 8.40. The molecule has 5 heteroatoms. The van der Waals surface area contributed by atoms with Crippen LogP contribution in [0.15, 0.2) is 30.5 Å². The van der Waals surface area contributed by atoms with Gasteiger partial charge in [-0.1, -0.05) is 25.1 Å². The molecule has 3 N–H and O–H groups in total. The number of amides is 1. The minimum atomic E-state index is 0. The van der Waals surface area contributed by atoms with Crippen molar-refractivity contribution >= 4 is 29.2 Å². The van der Waals surface area contributed by atoms with Gasteiger partial charge in [0.15, 0.2) is 0 Å². The lowest BCUT2D eigenvalue weighted by Gasteiger charge is -2.09. The molecule has 4 nitrogen and oxygen atoms in total. The van der Waals surface area contributed by atoms with E-state index in [1.54, 1.807) is 0 Å². The predicted octanol–water partition coefficient (Wildman–Crippen LogP) is 2.87. The van der Waals surface area contributed by atoms with E-state index < -0.39 is 0 Å². The molecule has 1 unspecified atom stereocenters. The van der Waals surface area contributed by atoms with E-state index in [1.807, 2.05) is 30.5 Å². The topological polar surface area (TPSA) is 60.0 Å². The second-order valence-corrected chi connectivity index (χ2v) is 5.89.